The van der Waals surface area contributed by atoms with E-state index in [0.717, 1.165) is 24.0 Å². The average molecular weight is 232 g/mol. The van der Waals surface area contributed by atoms with Crippen LogP contribution in [0, 0.1) is 6.92 Å². The first-order chi connectivity index (χ1) is 8.18. The van der Waals surface area contributed by atoms with Crippen LogP contribution in [0.3, 0.4) is 0 Å². The Balaban J connectivity index is 2.01. The maximum atomic E-state index is 11.7. The quantitative estimate of drug-likeness (QED) is 0.796. The van der Waals surface area contributed by atoms with Crippen LogP contribution in [0.5, 0.6) is 0 Å². The van der Waals surface area contributed by atoms with Crippen molar-refractivity contribution in [1.29, 1.82) is 0 Å². The molecule has 0 saturated heterocycles. The number of aryl methyl sites for hydroxylation is 1. The Morgan fingerprint density at radius 3 is 2.71 bits per heavy atom. The molecule has 0 radical (unpaired) electrons. The smallest absolute Gasteiger partial charge is 0.460 e. The maximum Gasteiger partial charge on any atom is 0.600 e. The molecule has 3 rings (SSSR count). The number of cyclic esters (lactones) is 1. The van der Waals surface area contributed by atoms with E-state index in [-0.39, 0.29) is 11.9 Å². The van der Waals surface area contributed by atoms with Gasteiger partial charge in [0.2, 0.25) is 0 Å². The molecule has 1 atom stereocenters. The van der Waals surface area contributed by atoms with Gasteiger partial charge in [-0.25, -0.2) is 0 Å². The van der Waals surface area contributed by atoms with Crippen LogP contribution in [0.4, 0.5) is 4.79 Å². The number of carbonyl (C=O) groups excluding carboxylic acids is 1. The number of aliphatic hydroxyl groups excluding tert-OH is 1. The number of hydrogen-bond acceptors (Lipinski definition) is 2. The van der Waals surface area contributed by atoms with E-state index >= 15 is 0 Å². The van der Waals surface area contributed by atoms with Gasteiger partial charge in [-0.2, -0.15) is 4.79 Å². The molecule has 1 aliphatic heterocycles. The molecule has 1 heterocycles. The van der Waals surface area contributed by atoms with Crippen LogP contribution in [0.25, 0.3) is 0 Å². The second-order valence-electron chi connectivity index (χ2n) is 4.58. The first-order valence-corrected chi connectivity index (χ1v) is 5.79. The van der Waals surface area contributed by atoms with Crippen LogP contribution in [-0.2, 0) is 4.74 Å². The van der Waals surface area contributed by atoms with Gasteiger partial charge in [-0.15, -0.1) is 0 Å². The summed E-state index contributed by atoms with van der Waals surface area (Å²) in [4.78, 5) is 11.7. The first-order valence-electron chi connectivity index (χ1n) is 5.79. The standard InChI is InChI=1S/C13H13NO3/c1-8-4-2-3-5-10(8)11-12(15)14(9-6-7-9)13(16)17-11/h2-5,9,11H,6-7H2,1H3/p+1/t11-/m1/s1. The van der Waals surface area contributed by atoms with Gasteiger partial charge >= 0.3 is 12.0 Å². The highest BCUT2D eigenvalue weighted by Crippen LogP contribution is 2.32. The molecule has 0 bridgehead atoms. The fraction of sp³-hybridized carbons (Fsp3) is 0.385. The number of rotatable bonds is 2. The van der Waals surface area contributed by atoms with E-state index in [1.165, 1.54) is 4.58 Å². The molecule has 1 aromatic rings. The second kappa shape index (κ2) is 3.58. The molecule has 4 heteroatoms. The Morgan fingerprint density at radius 1 is 1.35 bits per heavy atom. The number of aliphatic hydroxyl groups is 1. The first kappa shape index (κ1) is 10.3. The third-order valence-electron chi connectivity index (χ3n) is 3.28. The highest BCUT2D eigenvalue weighted by molar-refractivity contribution is 5.86. The Bertz CT molecular complexity index is 517. The third-order valence-corrected chi connectivity index (χ3v) is 3.28. The molecule has 2 aliphatic rings. The molecule has 1 fully saturated rings. The molecule has 1 aromatic carbocycles. The van der Waals surface area contributed by atoms with Crippen LogP contribution < -0.4 is 0 Å². The van der Waals surface area contributed by atoms with Gasteiger partial charge in [0.25, 0.3) is 6.10 Å². The predicted octanol–water partition coefficient (Wildman–Crippen LogP) is 2.32. The number of amides is 1. The lowest BCUT2D eigenvalue weighted by atomic mass is 10.0. The van der Waals surface area contributed by atoms with Crippen molar-refractivity contribution in [3.63, 3.8) is 0 Å². The van der Waals surface area contributed by atoms with Gasteiger partial charge in [-0.3, -0.25) is 0 Å². The number of ether oxygens (including phenoxy) is 1. The summed E-state index contributed by atoms with van der Waals surface area (Å²) in [5.41, 5.74) is 1.86. The van der Waals surface area contributed by atoms with Crippen molar-refractivity contribution in [1.82, 2.24) is 0 Å². The maximum absolute atomic E-state index is 11.7. The predicted molar refractivity (Wildman–Crippen MR) is 61.3 cm³/mol. The highest BCUT2D eigenvalue weighted by atomic mass is 16.6. The third kappa shape index (κ3) is 1.60. The Labute approximate surface area is 99.1 Å². The fourth-order valence-corrected chi connectivity index (χ4v) is 2.18. The Kier molecular flexibility index (Phi) is 2.18. The molecule has 88 valence electrons. The van der Waals surface area contributed by atoms with Crippen LogP contribution >= 0.6 is 0 Å². The number of carbonyl (C=O) groups is 1. The molecule has 1 amide bonds. The summed E-state index contributed by atoms with van der Waals surface area (Å²) in [6.07, 6.45) is 0.821. The lowest BCUT2D eigenvalue weighted by Gasteiger charge is -2.07. The SMILES string of the molecule is Cc1ccccc1[C@H]1OC(=O)[N+](C2CC2)=C1O. The molecular weight excluding hydrogens is 218 g/mol. The minimum absolute atomic E-state index is 0.0341. The summed E-state index contributed by atoms with van der Waals surface area (Å²) in [6.45, 7) is 1.94. The summed E-state index contributed by atoms with van der Waals surface area (Å²) in [5, 5.41) is 10.1. The van der Waals surface area contributed by atoms with Crippen molar-refractivity contribution in [2.24, 2.45) is 0 Å². The second-order valence-corrected chi connectivity index (χ2v) is 4.58. The monoisotopic (exact) mass is 232 g/mol. The summed E-state index contributed by atoms with van der Waals surface area (Å²) >= 11 is 0. The van der Waals surface area contributed by atoms with Crippen molar-refractivity contribution in [2.75, 3.05) is 0 Å². The van der Waals surface area contributed by atoms with Gasteiger partial charge < -0.3 is 9.84 Å². The van der Waals surface area contributed by atoms with E-state index in [9.17, 15) is 9.90 Å². The summed E-state index contributed by atoms with van der Waals surface area (Å²) in [6, 6.07) is 7.75. The normalized spacial score (nSPS) is 24.1. The highest BCUT2D eigenvalue weighted by Gasteiger charge is 2.52. The largest absolute Gasteiger partial charge is 0.600 e. The minimum atomic E-state index is -0.635. The van der Waals surface area contributed by atoms with Gasteiger partial charge in [0, 0.05) is 18.4 Å². The van der Waals surface area contributed by atoms with Gasteiger partial charge in [0.1, 0.15) is 0 Å². The molecule has 0 spiro atoms. The molecule has 0 aromatic heterocycles. The van der Waals surface area contributed by atoms with Crippen molar-refractivity contribution < 1.29 is 19.2 Å². The summed E-state index contributed by atoms with van der Waals surface area (Å²) < 4.78 is 6.64. The average Bonchev–Trinajstić information content (AvgIpc) is 3.07. The number of hydrogen-bond donors (Lipinski definition) is 1. The van der Waals surface area contributed by atoms with Crippen LogP contribution in [0.15, 0.2) is 24.3 Å². The van der Waals surface area contributed by atoms with E-state index in [1.54, 1.807) is 0 Å². The Morgan fingerprint density at radius 2 is 2.06 bits per heavy atom. The zero-order valence-corrected chi connectivity index (χ0v) is 9.59. The van der Waals surface area contributed by atoms with E-state index in [0.29, 0.717) is 0 Å². The van der Waals surface area contributed by atoms with Crippen LogP contribution in [0.1, 0.15) is 30.1 Å². The molecular formula is C13H14NO3+. The van der Waals surface area contributed by atoms with E-state index in [1.807, 2.05) is 31.2 Å². The lowest BCUT2D eigenvalue weighted by Crippen LogP contribution is -2.22. The molecule has 1 saturated carbocycles. The van der Waals surface area contributed by atoms with Gasteiger partial charge in [0.15, 0.2) is 6.04 Å². The van der Waals surface area contributed by atoms with Gasteiger partial charge in [-0.1, -0.05) is 28.8 Å². The van der Waals surface area contributed by atoms with E-state index in [4.69, 9.17) is 4.74 Å². The van der Waals surface area contributed by atoms with Crippen molar-refractivity contribution in [2.45, 2.75) is 31.9 Å². The number of benzene rings is 1. The summed E-state index contributed by atoms with van der Waals surface area (Å²) in [5.74, 6) is 0.0341. The van der Waals surface area contributed by atoms with Crippen molar-refractivity contribution in [3.8, 4) is 0 Å². The minimum Gasteiger partial charge on any atom is -0.460 e. The van der Waals surface area contributed by atoms with Crippen LogP contribution in [-0.4, -0.2) is 27.7 Å². The fourth-order valence-electron chi connectivity index (χ4n) is 2.18. The van der Waals surface area contributed by atoms with E-state index in [2.05, 4.69) is 0 Å². The van der Waals surface area contributed by atoms with Crippen molar-refractivity contribution in [3.05, 3.63) is 35.4 Å². The van der Waals surface area contributed by atoms with E-state index < -0.39 is 12.2 Å². The molecule has 17 heavy (non-hydrogen) atoms. The van der Waals surface area contributed by atoms with Crippen LogP contribution in [0.2, 0.25) is 0 Å². The molecule has 1 N–H and O–H groups in total. The summed E-state index contributed by atoms with van der Waals surface area (Å²) in [7, 11) is 0. The molecule has 0 unspecified atom stereocenters. The van der Waals surface area contributed by atoms with Gasteiger partial charge in [-0.05, 0) is 12.5 Å². The van der Waals surface area contributed by atoms with Gasteiger partial charge in [0.05, 0.1) is 0 Å². The molecule has 1 aliphatic carbocycles. The Hall–Kier alpha value is -1.84. The number of nitrogens with zero attached hydrogens (tertiary/aromatic N) is 1. The topological polar surface area (TPSA) is 49.5 Å². The zero-order valence-electron chi connectivity index (χ0n) is 9.59. The molecule has 4 nitrogen and oxygen atoms in total. The lowest BCUT2D eigenvalue weighted by molar-refractivity contribution is -0.455. The zero-order chi connectivity index (χ0) is 12.0. The van der Waals surface area contributed by atoms with Crippen molar-refractivity contribution >= 4 is 12.0 Å².